The molecule has 4 heterocycles. The fourth-order valence-corrected chi connectivity index (χ4v) is 4.12. The number of quaternary nitrogens is 1. The van der Waals surface area contributed by atoms with Crippen molar-refractivity contribution in [3.05, 3.63) is 39.7 Å². The van der Waals surface area contributed by atoms with Crippen molar-refractivity contribution in [3.8, 4) is 5.75 Å². The Labute approximate surface area is 133 Å². The molecule has 120 valence electrons. The highest BCUT2D eigenvalue weighted by molar-refractivity contribution is 5.88. The van der Waals surface area contributed by atoms with Crippen molar-refractivity contribution >= 4 is 16.8 Å². The molecule has 5 nitrogen and oxygen atoms in total. The summed E-state index contributed by atoms with van der Waals surface area (Å²) < 4.78 is 5.43. The van der Waals surface area contributed by atoms with Gasteiger partial charge in [0.05, 0.1) is 24.0 Å². The quantitative estimate of drug-likeness (QED) is 0.796. The van der Waals surface area contributed by atoms with Crippen molar-refractivity contribution < 1.29 is 19.2 Å². The molecule has 1 atom stereocenters. The second kappa shape index (κ2) is 5.20. The van der Waals surface area contributed by atoms with Gasteiger partial charge < -0.3 is 14.4 Å². The average molecular weight is 314 g/mol. The summed E-state index contributed by atoms with van der Waals surface area (Å²) >= 11 is 0. The number of aromatic hydroxyl groups is 1. The van der Waals surface area contributed by atoms with Gasteiger partial charge in [-0.05, 0) is 18.6 Å². The van der Waals surface area contributed by atoms with Crippen LogP contribution in [0.3, 0.4) is 0 Å². The normalized spacial score (nSPS) is 26.8. The maximum Gasteiger partial charge on any atom is 0.343 e. The SMILES string of the molecule is Cc1cccc2c(O)c(C[C@H]3C(=O)C4CC[NH+]3CC4)c(=O)oc12. The van der Waals surface area contributed by atoms with Crippen molar-refractivity contribution in [2.24, 2.45) is 5.92 Å². The zero-order chi connectivity index (χ0) is 16.1. The highest BCUT2D eigenvalue weighted by Gasteiger charge is 2.45. The largest absolute Gasteiger partial charge is 0.507 e. The number of fused-ring (bicyclic) bond motifs is 4. The van der Waals surface area contributed by atoms with Crippen LogP contribution < -0.4 is 10.5 Å². The van der Waals surface area contributed by atoms with Gasteiger partial charge in [0.25, 0.3) is 0 Å². The van der Waals surface area contributed by atoms with Crippen molar-refractivity contribution in [1.82, 2.24) is 0 Å². The second-order valence-corrected chi connectivity index (χ2v) is 6.76. The van der Waals surface area contributed by atoms with Crippen molar-refractivity contribution in [2.75, 3.05) is 13.1 Å². The fourth-order valence-electron chi connectivity index (χ4n) is 4.12. The Balaban J connectivity index is 1.78. The molecule has 2 aromatic rings. The topological polar surface area (TPSA) is 71.9 Å². The number of nitrogens with one attached hydrogen (secondary N) is 1. The van der Waals surface area contributed by atoms with Gasteiger partial charge >= 0.3 is 5.63 Å². The molecule has 0 spiro atoms. The van der Waals surface area contributed by atoms with Crippen LogP contribution in [0.2, 0.25) is 0 Å². The van der Waals surface area contributed by atoms with Gasteiger partial charge in [-0.15, -0.1) is 0 Å². The third-order valence-corrected chi connectivity index (χ3v) is 5.47. The Morgan fingerprint density at radius 3 is 2.70 bits per heavy atom. The Kier molecular flexibility index (Phi) is 3.27. The number of ketones is 1. The third kappa shape index (κ3) is 2.18. The lowest BCUT2D eigenvalue weighted by atomic mass is 9.80. The lowest BCUT2D eigenvalue weighted by Crippen LogP contribution is -3.20. The van der Waals surface area contributed by atoms with E-state index < -0.39 is 5.63 Å². The van der Waals surface area contributed by atoms with Gasteiger partial charge in [0.15, 0.2) is 11.8 Å². The van der Waals surface area contributed by atoms with Crippen LogP contribution >= 0.6 is 0 Å². The molecule has 2 N–H and O–H groups in total. The Morgan fingerprint density at radius 1 is 1.26 bits per heavy atom. The van der Waals surface area contributed by atoms with Crippen LogP contribution in [0.4, 0.5) is 0 Å². The number of rotatable bonds is 2. The molecule has 1 aromatic carbocycles. The van der Waals surface area contributed by atoms with Crippen LogP contribution in [0.1, 0.15) is 24.0 Å². The number of Topliss-reactive ketones (excluding diaryl/α,β-unsaturated/α-hetero) is 1. The smallest absolute Gasteiger partial charge is 0.343 e. The molecule has 0 unspecified atom stereocenters. The van der Waals surface area contributed by atoms with Crippen LogP contribution in [0.5, 0.6) is 5.75 Å². The van der Waals surface area contributed by atoms with Gasteiger partial charge in [-0.2, -0.15) is 0 Å². The van der Waals surface area contributed by atoms with Crippen LogP contribution in [0, 0.1) is 12.8 Å². The van der Waals surface area contributed by atoms with Gasteiger partial charge in [0, 0.05) is 25.2 Å². The van der Waals surface area contributed by atoms with Crippen LogP contribution in [-0.2, 0) is 11.2 Å². The molecule has 23 heavy (non-hydrogen) atoms. The Morgan fingerprint density at radius 2 is 2.00 bits per heavy atom. The van der Waals surface area contributed by atoms with Crippen LogP contribution in [-0.4, -0.2) is 30.0 Å². The predicted octanol–water partition coefficient (Wildman–Crippen LogP) is 0.596. The molecule has 3 fully saturated rings. The second-order valence-electron chi connectivity index (χ2n) is 6.76. The molecule has 3 aliphatic rings. The summed E-state index contributed by atoms with van der Waals surface area (Å²) in [6.45, 7) is 3.78. The average Bonchev–Trinajstić information content (AvgIpc) is 2.55. The van der Waals surface area contributed by atoms with E-state index in [2.05, 4.69) is 0 Å². The molecule has 1 aromatic heterocycles. The summed E-state index contributed by atoms with van der Waals surface area (Å²) in [4.78, 5) is 26.1. The summed E-state index contributed by atoms with van der Waals surface area (Å²) in [5.74, 6) is 0.338. The Bertz CT molecular complexity index is 846. The van der Waals surface area contributed by atoms with E-state index in [0.717, 1.165) is 31.5 Å². The van der Waals surface area contributed by atoms with Gasteiger partial charge in [0.2, 0.25) is 0 Å². The number of hydrogen-bond donors (Lipinski definition) is 2. The molecule has 0 aliphatic carbocycles. The van der Waals surface area contributed by atoms with E-state index in [1.54, 1.807) is 6.07 Å². The third-order valence-electron chi connectivity index (χ3n) is 5.47. The van der Waals surface area contributed by atoms with E-state index in [9.17, 15) is 14.7 Å². The standard InChI is InChI=1S/C18H19NO4/c1-10-3-2-4-12-16(21)13(18(22)23-17(10)12)9-14-15(20)11-5-7-19(14)8-6-11/h2-4,11,14,21H,5-9H2,1H3/p+1/t14-/m0/s1. The number of carbonyl (C=O) groups is 1. The van der Waals surface area contributed by atoms with Gasteiger partial charge in [-0.1, -0.05) is 12.1 Å². The monoisotopic (exact) mass is 314 g/mol. The van der Waals surface area contributed by atoms with Crippen LogP contribution in [0.25, 0.3) is 11.0 Å². The maximum atomic E-state index is 12.5. The molecular weight excluding hydrogens is 294 g/mol. The molecule has 0 amide bonds. The van der Waals surface area contributed by atoms with Crippen LogP contribution in [0.15, 0.2) is 27.4 Å². The highest BCUT2D eigenvalue weighted by atomic mass is 16.4. The highest BCUT2D eigenvalue weighted by Crippen LogP contribution is 2.29. The minimum absolute atomic E-state index is 0.0326. The van der Waals surface area contributed by atoms with E-state index in [-0.39, 0.29) is 35.5 Å². The minimum atomic E-state index is -0.529. The summed E-state index contributed by atoms with van der Waals surface area (Å²) in [5.41, 5.74) is 0.937. The van der Waals surface area contributed by atoms with Gasteiger partial charge in [-0.25, -0.2) is 4.79 Å². The van der Waals surface area contributed by atoms with E-state index in [4.69, 9.17) is 4.42 Å². The number of hydrogen-bond acceptors (Lipinski definition) is 4. The number of aryl methyl sites for hydroxylation is 1. The molecular formula is C18H20NO4+. The summed E-state index contributed by atoms with van der Waals surface area (Å²) in [6.07, 6.45) is 2.16. The van der Waals surface area contributed by atoms with E-state index in [1.165, 1.54) is 4.90 Å². The number of benzene rings is 1. The lowest BCUT2D eigenvalue weighted by Gasteiger charge is -2.40. The van der Waals surface area contributed by atoms with Crippen molar-refractivity contribution in [1.29, 1.82) is 0 Å². The zero-order valence-corrected chi connectivity index (χ0v) is 13.1. The summed E-state index contributed by atoms with van der Waals surface area (Å²) in [6, 6.07) is 5.18. The van der Waals surface area contributed by atoms with E-state index in [1.807, 2.05) is 19.1 Å². The summed E-state index contributed by atoms with van der Waals surface area (Å²) in [7, 11) is 0. The number of para-hydroxylation sites is 1. The maximum absolute atomic E-state index is 12.5. The van der Waals surface area contributed by atoms with E-state index in [0.29, 0.717) is 11.0 Å². The van der Waals surface area contributed by atoms with Crippen molar-refractivity contribution in [3.63, 3.8) is 0 Å². The predicted molar refractivity (Wildman–Crippen MR) is 84.8 cm³/mol. The summed E-state index contributed by atoms with van der Waals surface area (Å²) in [5, 5.41) is 11.1. The number of carbonyl (C=O) groups excluding carboxylic acids is 1. The Hall–Kier alpha value is -2.14. The first-order chi connectivity index (χ1) is 11.1. The van der Waals surface area contributed by atoms with Gasteiger partial charge in [0.1, 0.15) is 11.3 Å². The van der Waals surface area contributed by atoms with Crippen molar-refractivity contribution in [2.45, 2.75) is 32.2 Å². The molecule has 2 bridgehead atoms. The first-order valence-electron chi connectivity index (χ1n) is 8.19. The molecule has 3 saturated heterocycles. The lowest BCUT2D eigenvalue weighted by molar-refractivity contribution is -0.927. The van der Waals surface area contributed by atoms with E-state index >= 15 is 0 Å². The minimum Gasteiger partial charge on any atom is -0.507 e. The molecule has 0 saturated carbocycles. The molecule has 5 heteroatoms. The van der Waals surface area contributed by atoms with Gasteiger partial charge in [-0.3, -0.25) is 4.79 Å². The molecule has 3 aliphatic heterocycles. The molecule has 5 rings (SSSR count). The first-order valence-corrected chi connectivity index (χ1v) is 8.19. The molecule has 0 radical (unpaired) electrons. The number of piperidine rings is 3. The zero-order valence-electron chi connectivity index (χ0n) is 13.1. The first kappa shape index (κ1) is 14.5. The fraction of sp³-hybridized carbons (Fsp3) is 0.444.